The third-order valence-electron chi connectivity index (χ3n) is 5.88. The summed E-state index contributed by atoms with van der Waals surface area (Å²) in [7, 11) is 3.15. The number of thiazole rings is 1. The number of carbonyl (C=O) groups is 1. The van der Waals surface area contributed by atoms with Gasteiger partial charge in [0, 0.05) is 45.3 Å². The zero-order chi connectivity index (χ0) is 22.5. The standard InChI is InChI=1S/C24H30N4O3S/c1-4-17-6-5-7-21-22(17)26-24(32-21)28-14-12-27(13-15-28)11-10-25-23(29)19-9-8-18(30-2)16-20(19)31-3/h5-9,16H,4,10-15H2,1-3H3,(H,25,29). The van der Waals surface area contributed by atoms with E-state index in [1.807, 2.05) is 0 Å². The topological polar surface area (TPSA) is 66.9 Å². The first kappa shape index (κ1) is 22.4. The number of carbonyl (C=O) groups excluding carboxylic acids is 1. The van der Waals surface area contributed by atoms with E-state index in [1.165, 1.54) is 10.3 Å². The second-order valence-corrected chi connectivity index (χ2v) is 8.77. The number of aryl methyl sites for hydroxylation is 1. The Labute approximate surface area is 192 Å². The molecule has 0 unspecified atom stereocenters. The van der Waals surface area contributed by atoms with E-state index < -0.39 is 0 Å². The Balaban J connectivity index is 1.27. The van der Waals surface area contributed by atoms with Crippen LogP contribution in [0.25, 0.3) is 10.2 Å². The van der Waals surface area contributed by atoms with E-state index in [9.17, 15) is 4.79 Å². The highest BCUT2D eigenvalue weighted by atomic mass is 32.1. The highest BCUT2D eigenvalue weighted by Gasteiger charge is 2.20. The van der Waals surface area contributed by atoms with Crippen LogP contribution < -0.4 is 19.7 Å². The number of methoxy groups -OCH3 is 2. The quantitative estimate of drug-likeness (QED) is 0.563. The van der Waals surface area contributed by atoms with Crippen LogP contribution in [0.1, 0.15) is 22.8 Å². The summed E-state index contributed by atoms with van der Waals surface area (Å²) in [5, 5.41) is 4.12. The van der Waals surface area contributed by atoms with Crippen molar-refractivity contribution in [3.8, 4) is 11.5 Å². The van der Waals surface area contributed by atoms with Gasteiger partial charge in [-0.3, -0.25) is 9.69 Å². The molecule has 0 radical (unpaired) electrons. The van der Waals surface area contributed by atoms with Crippen LogP contribution in [-0.2, 0) is 6.42 Å². The maximum absolute atomic E-state index is 12.6. The number of benzene rings is 2. The highest BCUT2D eigenvalue weighted by molar-refractivity contribution is 7.22. The largest absolute Gasteiger partial charge is 0.497 e. The predicted molar refractivity (Wildman–Crippen MR) is 130 cm³/mol. The summed E-state index contributed by atoms with van der Waals surface area (Å²) in [6, 6.07) is 11.7. The summed E-state index contributed by atoms with van der Waals surface area (Å²) in [4.78, 5) is 22.3. The zero-order valence-electron chi connectivity index (χ0n) is 18.9. The van der Waals surface area contributed by atoms with Crippen LogP contribution in [0.15, 0.2) is 36.4 Å². The molecular formula is C24H30N4O3S. The van der Waals surface area contributed by atoms with Crippen LogP contribution in [-0.4, -0.2) is 69.3 Å². The number of hydrogen-bond donors (Lipinski definition) is 1. The Morgan fingerprint density at radius 2 is 1.94 bits per heavy atom. The fourth-order valence-corrected chi connectivity index (χ4v) is 5.05. The number of anilines is 1. The zero-order valence-corrected chi connectivity index (χ0v) is 19.7. The van der Waals surface area contributed by atoms with Gasteiger partial charge in [-0.1, -0.05) is 30.4 Å². The molecule has 2 aromatic carbocycles. The van der Waals surface area contributed by atoms with Gasteiger partial charge in [-0.05, 0) is 30.2 Å². The minimum absolute atomic E-state index is 0.135. The van der Waals surface area contributed by atoms with Crippen molar-refractivity contribution >= 4 is 32.6 Å². The summed E-state index contributed by atoms with van der Waals surface area (Å²) in [6.45, 7) is 7.39. The third kappa shape index (κ3) is 4.81. The molecule has 0 atom stereocenters. The molecule has 170 valence electrons. The Kier molecular flexibility index (Phi) is 7.12. The molecule has 1 aliphatic rings. The third-order valence-corrected chi connectivity index (χ3v) is 6.96. The van der Waals surface area contributed by atoms with E-state index in [2.05, 4.69) is 40.2 Å². The van der Waals surface area contributed by atoms with Gasteiger partial charge in [0.05, 0.1) is 30.0 Å². The number of ether oxygens (including phenoxy) is 2. The van der Waals surface area contributed by atoms with Gasteiger partial charge < -0.3 is 19.7 Å². The molecule has 3 aromatic rings. The normalized spacial score (nSPS) is 14.5. The minimum atomic E-state index is -0.135. The fraction of sp³-hybridized carbons (Fsp3) is 0.417. The summed E-state index contributed by atoms with van der Waals surface area (Å²) in [5.41, 5.74) is 2.97. The molecule has 0 spiro atoms. The Hall–Kier alpha value is -2.84. The average molecular weight is 455 g/mol. The van der Waals surface area contributed by atoms with Gasteiger partial charge in [-0.25, -0.2) is 4.98 Å². The lowest BCUT2D eigenvalue weighted by Gasteiger charge is -2.34. The molecule has 1 amide bonds. The molecule has 0 saturated carbocycles. The number of nitrogens with zero attached hydrogens (tertiary/aromatic N) is 3. The molecule has 0 bridgehead atoms. The molecule has 1 N–H and O–H groups in total. The Bertz CT molecular complexity index is 1080. The molecule has 7 nitrogen and oxygen atoms in total. The molecule has 1 fully saturated rings. The smallest absolute Gasteiger partial charge is 0.255 e. The van der Waals surface area contributed by atoms with Crippen molar-refractivity contribution in [2.24, 2.45) is 0 Å². The number of amides is 1. The average Bonchev–Trinajstić information content (AvgIpc) is 3.28. The van der Waals surface area contributed by atoms with E-state index in [0.29, 0.717) is 23.6 Å². The van der Waals surface area contributed by atoms with Crippen molar-refractivity contribution < 1.29 is 14.3 Å². The van der Waals surface area contributed by atoms with Gasteiger partial charge in [-0.15, -0.1) is 0 Å². The second-order valence-electron chi connectivity index (χ2n) is 7.76. The van der Waals surface area contributed by atoms with E-state index >= 15 is 0 Å². The van der Waals surface area contributed by atoms with Crippen molar-refractivity contribution in [1.82, 2.24) is 15.2 Å². The lowest BCUT2D eigenvalue weighted by molar-refractivity contribution is 0.0944. The van der Waals surface area contributed by atoms with E-state index in [4.69, 9.17) is 14.5 Å². The number of aromatic nitrogens is 1. The Morgan fingerprint density at radius 1 is 1.12 bits per heavy atom. The first-order chi connectivity index (χ1) is 15.6. The molecule has 1 saturated heterocycles. The van der Waals surface area contributed by atoms with Crippen LogP contribution in [0.3, 0.4) is 0 Å². The lowest BCUT2D eigenvalue weighted by Crippen LogP contribution is -2.48. The molecule has 4 rings (SSSR count). The summed E-state index contributed by atoms with van der Waals surface area (Å²) < 4.78 is 11.8. The molecule has 32 heavy (non-hydrogen) atoms. The van der Waals surface area contributed by atoms with Gasteiger partial charge >= 0.3 is 0 Å². The fourth-order valence-electron chi connectivity index (χ4n) is 3.99. The predicted octanol–water partition coefficient (Wildman–Crippen LogP) is 3.43. The van der Waals surface area contributed by atoms with Crippen molar-refractivity contribution in [3.05, 3.63) is 47.5 Å². The minimum Gasteiger partial charge on any atom is -0.497 e. The van der Waals surface area contributed by atoms with Crippen LogP contribution in [0, 0.1) is 0 Å². The van der Waals surface area contributed by atoms with Gasteiger partial charge in [-0.2, -0.15) is 0 Å². The molecular weight excluding hydrogens is 424 g/mol. The van der Waals surface area contributed by atoms with Crippen LogP contribution >= 0.6 is 11.3 Å². The van der Waals surface area contributed by atoms with Gasteiger partial charge in [0.25, 0.3) is 5.91 Å². The van der Waals surface area contributed by atoms with E-state index in [1.54, 1.807) is 43.8 Å². The van der Waals surface area contributed by atoms with Crippen LogP contribution in [0.5, 0.6) is 11.5 Å². The Morgan fingerprint density at radius 3 is 2.66 bits per heavy atom. The first-order valence-electron chi connectivity index (χ1n) is 11.0. The van der Waals surface area contributed by atoms with Crippen LogP contribution in [0.4, 0.5) is 5.13 Å². The number of fused-ring (bicyclic) bond motifs is 1. The van der Waals surface area contributed by atoms with E-state index in [-0.39, 0.29) is 5.91 Å². The van der Waals surface area contributed by atoms with Gasteiger partial charge in [0.1, 0.15) is 11.5 Å². The molecule has 0 aliphatic carbocycles. The molecule has 1 aliphatic heterocycles. The SMILES string of the molecule is CCc1cccc2sc(N3CCN(CCNC(=O)c4ccc(OC)cc4OC)CC3)nc12. The van der Waals surface area contributed by atoms with E-state index in [0.717, 1.165) is 49.8 Å². The van der Waals surface area contributed by atoms with Crippen molar-refractivity contribution in [2.45, 2.75) is 13.3 Å². The molecule has 8 heteroatoms. The summed E-state index contributed by atoms with van der Waals surface area (Å²) in [6.07, 6.45) is 1.00. The van der Waals surface area contributed by atoms with Crippen LogP contribution in [0.2, 0.25) is 0 Å². The molecule has 1 aromatic heterocycles. The van der Waals surface area contributed by atoms with Crippen molar-refractivity contribution in [3.63, 3.8) is 0 Å². The number of piperazine rings is 1. The number of nitrogens with one attached hydrogen (secondary N) is 1. The number of hydrogen-bond acceptors (Lipinski definition) is 7. The number of rotatable bonds is 8. The molecule has 2 heterocycles. The van der Waals surface area contributed by atoms with Crippen molar-refractivity contribution in [1.29, 1.82) is 0 Å². The second kappa shape index (κ2) is 10.2. The monoisotopic (exact) mass is 454 g/mol. The van der Waals surface area contributed by atoms with Gasteiger partial charge in [0.15, 0.2) is 5.13 Å². The lowest BCUT2D eigenvalue weighted by atomic mass is 10.1. The summed E-state index contributed by atoms with van der Waals surface area (Å²) >= 11 is 1.78. The summed E-state index contributed by atoms with van der Waals surface area (Å²) in [5.74, 6) is 1.04. The van der Waals surface area contributed by atoms with Gasteiger partial charge in [0.2, 0.25) is 0 Å². The highest BCUT2D eigenvalue weighted by Crippen LogP contribution is 2.31. The maximum Gasteiger partial charge on any atom is 0.255 e. The van der Waals surface area contributed by atoms with Crippen molar-refractivity contribution in [2.75, 3.05) is 58.4 Å². The number of para-hydroxylation sites is 1. The first-order valence-corrected chi connectivity index (χ1v) is 11.8. The maximum atomic E-state index is 12.6.